The molecule has 21 heavy (non-hydrogen) atoms. The molecule has 0 aliphatic heterocycles. The number of carbonyl (C=O) groups is 2. The molecule has 0 radical (unpaired) electrons. The van der Waals surface area contributed by atoms with Gasteiger partial charge < -0.3 is 4.74 Å². The second-order valence-corrected chi connectivity index (χ2v) is 4.69. The van der Waals surface area contributed by atoms with Crippen molar-refractivity contribution in [1.82, 2.24) is 15.3 Å². The molecule has 116 valence electrons. The number of amides is 1. The van der Waals surface area contributed by atoms with Gasteiger partial charge in [-0.05, 0) is 32.9 Å². The molecular weight excluding hydrogens is 272 g/mol. The summed E-state index contributed by atoms with van der Waals surface area (Å²) in [5.74, 6) is -0.0392. The van der Waals surface area contributed by atoms with Crippen LogP contribution in [0.25, 0.3) is 0 Å². The number of hydrogen-bond acceptors (Lipinski definition) is 6. The molecule has 1 aromatic heterocycles. The maximum absolute atomic E-state index is 11.9. The van der Waals surface area contributed by atoms with E-state index in [-0.39, 0.29) is 31.0 Å². The van der Waals surface area contributed by atoms with Gasteiger partial charge in [0.05, 0.1) is 19.7 Å². The molecular formula is C14H22N4O3. The van der Waals surface area contributed by atoms with Crippen LogP contribution in [0, 0.1) is 0 Å². The lowest BCUT2D eigenvalue weighted by Crippen LogP contribution is -2.45. The van der Waals surface area contributed by atoms with Crippen molar-refractivity contribution < 1.29 is 14.3 Å². The van der Waals surface area contributed by atoms with Gasteiger partial charge in [0.2, 0.25) is 0 Å². The smallest absolute Gasteiger partial charge is 0.320 e. The predicted molar refractivity (Wildman–Crippen MR) is 79.3 cm³/mol. The standard InChI is InChI=1S/C14H22N4O3/c1-4-21-14(20)10-18(11(2)3)9-13(19)17-16-12-7-5-6-8-15-12/h5-8,11H,4,9-10H2,1-3H3,(H,15,16)(H,17,19). The average Bonchev–Trinajstić information content (AvgIpc) is 2.45. The minimum absolute atomic E-state index is 0.0509. The molecule has 7 nitrogen and oxygen atoms in total. The zero-order valence-electron chi connectivity index (χ0n) is 12.6. The largest absolute Gasteiger partial charge is 0.465 e. The second kappa shape index (κ2) is 8.91. The van der Waals surface area contributed by atoms with Crippen LogP contribution in [0.1, 0.15) is 20.8 Å². The number of ether oxygens (including phenoxy) is 1. The summed E-state index contributed by atoms with van der Waals surface area (Å²) in [6, 6.07) is 5.38. The lowest BCUT2D eigenvalue weighted by Gasteiger charge is -2.24. The molecule has 0 bridgehead atoms. The number of rotatable bonds is 8. The number of carbonyl (C=O) groups excluding carboxylic acids is 2. The summed E-state index contributed by atoms with van der Waals surface area (Å²) in [6.07, 6.45) is 1.62. The highest BCUT2D eigenvalue weighted by atomic mass is 16.5. The fraction of sp³-hybridized carbons (Fsp3) is 0.500. The average molecular weight is 294 g/mol. The maximum atomic E-state index is 11.9. The summed E-state index contributed by atoms with van der Waals surface area (Å²) in [5, 5.41) is 0. The molecule has 7 heteroatoms. The first-order chi connectivity index (χ1) is 10.0. The first-order valence-electron chi connectivity index (χ1n) is 6.88. The van der Waals surface area contributed by atoms with Crippen LogP contribution in [-0.2, 0) is 14.3 Å². The Labute approximate surface area is 124 Å². The van der Waals surface area contributed by atoms with Gasteiger partial charge in [-0.15, -0.1) is 0 Å². The van der Waals surface area contributed by atoms with E-state index in [4.69, 9.17) is 4.74 Å². The first kappa shape index (κ1) is 16.9. The molecule has 1 rings (SSSR count). The zero-order chi connectivity index (χ0) is 15.7. The van der Waals surface area contributed by atoms with Crippen LogP contribution in [-0.4, -0.2) is 47.5 Å². The molecule has 1 heterocycles. The van der Waals surface area contributed by atoms with Crippen LogP contribution in [0.15, 0.2) is 24.4 Å². The molecule has 2 N–H and O–H groups in total. The third-order valence-electron chi connectivity index (χ3n) is 2.71. The number of nitrogens with zero attached hydrogens (tertiary/aromatic N) is 2. The number of aromatic nitrogens is 1. The lowest BCUT2D eigenvalue weighted by atomic mass is 10.3. The Morgan fingerprint density at radius 1 is 1.33 bits per heavy atom. The van der Waals surface area contributed by atoms with Crippen LogP contribution >= 0.6 is 0 Å². The summed E-state index contributed by atoms with van der Waals surface area (Å²) in [7, 11) is 0. The van der Waals surface area contributed by atoms with E-state index in [1.165, 1.54) is 0 Å². The van der Waals surface area contributed by atoms with E-state index in [0.717, 1.165) is 0 Å². The summed E-state index contributed by atoms with van der Waals surface area (Å²) in [5.41, 5.74) is 5.26. The van der Waals surface area contributed by atoms with Gasteiger partial charge in [-0.1, -0.05) is 6.07 Å². The Kier molecular flexibility index (Phi) is 7.17. The van der Waals surface area contributed by atoms with Gasteiger partial charge in [-0.2, -0.15) is 0 Å². The van der Waals surface area contributed by atoms with Gasteiger partial charge in [0, 0.05) is 12.2 Å². The first-order valence-corrected chi connectivity index (χ1v) is 6.88. The molecule has 0 aliphatic carbocycles. The highest BCUT2D eigenvalue weighted by Crippen LogP contribution is 2.00. The Bertz CT molecular complexity index is 451. The van der Waals surface area contributed by atoms with Crippen molar-refractivity contribution in [3.05, 3.63) is 24.4 Å². The van der Waals surface area contributed by atoms with E-state index in [0.29, 0.717) is 12.4 Å². The van der Waals surface area contributed by atoms with Gasteiger partial charge >= 0.3 is 5.97 Å². The SMILES string of the molecule is CCOC(=O)CN(CC(=O)NNc1ccccn1)C(C)C. The number of pyridine rings is 1. The quantitative estimate of drug-likeness (QED) is 0.545. The third kappa shape index (κ3) is 6.71. The van der Waals surface area contributed by atoms with Crippen molar-refractivity contribution in [2.24, 2.45) is 0 Å². The maximum Gasteiger partial charge on any atom is 0.320 e. The molecule has 0 saturated carbocycles. The van der Waals surface area contributed by atoms with Gasteiger partial charge in [0.15, 0.2) is 0 Å². The predicted octanol–water partition coefficient (Wildman–Crippen LogP) is 0.798. The Morgan fingerprint density at radius 3 is 2.67 bits per heavy atom. The van der Waals surface area contributed by atoms with Crippen molar-refractivity contribution in [2.75, 3.05) is 25.1 Å². The summed E-state index contributed by atoms with van der Waals surface area (Å²) >= 11 is 0. The minimum Gasteiger partial charge on any atom is -0.465 e. The van der Waals surface area contributed by atoms with E-state index in [9.17, 15) is 9.59 Å². The van der Waals surface area contributed by atoms with E-state index in [2.05, 4.69) is 15.8 Å². The van der Waals surface area contributed by atoms with Gasteiger partial charge in [0.25, 0.3) is 5.91 Å². The highest BCUT2D eigenvalue weighted by molar-refractivity contribution is 5.80. The van der Waals surface area contributed by atoms with E-state index in [1.54, 1.807) is 30.2 Å². The Balaban J connectivity index is 2.43. The fourth-order valence-electron chi connectivity index (χ4n) is 1.59. The van der Waals surface area contributed by atoms with Gasteiger partial charge in [0.1, 0.15) is 5.82 Å². The van der Waals surface area contributed by atoms with Crippen molar-refractivity contribution in [2.45, 2.75) is 26.8 Å². The van der Waals surface area contributed by atoms with E-state index >= 15 is 0 Å². The normalized spacial score (nSPS) is 10.5. The topological polar surface area (TPSA) is 83.6 Å². The molecule has 0 atom stereocenters. The van der Waals surface area contributed by atoms with Crippen molar-refractivity contribution >= 4 is 17.7 Å². The third-order valence-corrected chi connectivity index (χ3v) is 2.71. The molecule has 0 unspecified atom stereocenters. The molecule has 1 amide bonds. The number of esters is 1. The van der Waals surface area contributed by atoms with E-state index in [1.807, 2.05) is 19.9 Å². The minimum atomic E-state index is -0.336. The number of hydrazine groups is 1. The number of anilines is 1. The molecule has 0 aromatic carbocycles. The molecule has 0 aliphatic rings. The number of nitrogens with one attached hydrogen (secondary N) is 2. The molecule has 1 aromatic rings. The van der Waals surface area contributed by atoms with Crippen molar-refractivity contribution in [3.63, 3.8) is 0 Å². The van der Waals surface area contributed by atoms with Gasteiger partial charge in [-0.3, -0.25) is 25.3 Å². The van der Waals surface area contributed by atoms with Crippen LogP contribution in [0.2, 0.25) is 0 Å². The summed E-state index contributed by atoms with van der Waals surface area (Å²) < 4.78 is 4.90. The van der Waals surface area contributed by atoms with Crippen LogP contribution in [0.5, 0.6) is 0 Å². The van der Waals surface area contributed by atoms with Crippen LogP contribution in [0.4, 0.5) is 5.82 Å². The zero-order valence-corrected chi connectivity index (χ0v) is 12.6. The fourth-order valence-corrected chi connectivity index (χ4v) is 1.59. The summed E-state index contributed by atoms with van der Waals surface area (Å²) in [6.45, 7) is 6.09. The molecule has 0 saturated heterocycles. The number of hydrogen-bond donors (Lipinski definition) is 2. The molecule has 0 fully saturated rings. The Morgan fingerprint density at radius 2 is 2.10 bits per heavy atom. The highest BCUT2D eigenvalue weighted by Gasteiger charge is 2.18. The summed E-state index contributed by atoms with van der Waals surface area (Å²) in [4.78, 5) is 29.1. The van der Waals surface area contributed by atoms with Crippen LogP contribution < -0.4 is 10.9 Å². The second-order valence-electron chi connectivity index (χ2n) is 4.69. The molecule has 0 spiro atoms. The van der Waals surface area contributed by atoms with Crippen molar-refractivity contribution in [1.29, 1.82) is 0 Å². The van der Waals surface area contributed by atoms with Gasteiger partial charge in [-0.25, -0.2) is 4.98 Å². The monoisotopic (exact) mass is 294 g/mol. The van der Waals surface area contributed by atoms with E-state index < -0.39 is 0 Å². The lowest BCUT2D eigenvalue weighted by molar-refractivity contribution is -0.145. The van der Waals surface area contributed by atoms with Crippen LogP contribution in [0.3, 0.4) is 0 Å². The Hall–Kier alpha value is -2.15. The van der Waals surface area contributed by atoms with Crippen molar-refractivity contribution in [3.8, 4) is 0 Å².